The monoisotopic (exact) mass is 248 g/mol. The van der Waals surface area contributed by atoms with Crippen LogP contribution in [0.25, 0.3) is 21.5 Å². The molecule has 3 rings (SSSR count). The van der Waals surface area contributed by atoms with Crippen molar-refractivity contribution >= 4 is 21.5 Å². The molecular weight excluding hydrogens is 228 g/mol. The average molecular weight is 248 g/mol. The predicted molar refractivity (Wildman–Crippen MR) is 84.8 cm³/mol. The minimum Gasteiger partial charge on any atom is -0.0646 e. The molecule has 19 heavy (non-hydrogen) atoms. The summed E-state index contributed by atoms with van der Waals surface area (Å²) in [5.41, 5.74) is 1.68. The third-order valence-corrected chi connectivity index (χ3v) is 4.40. The summed E-state index contributed by atoms with van der Waals surface area (Å²) < 4.78 is 0. The van der Waals surface area contributed by atoms with E-state index in [1.807, 2.05) is 0 Å². The zero-order valence-corrected chi connectivity index (χ0v) is 11.9. The van der Waals surface area contributed by atoms with Gasteiger partial charge in [-0.3, -0.25) is 0 Å². The molecule has 0 atom stereocenters. The molecule has 0 spiro atoms. The third-order valence-electron chi connectivity index (χ3n) is 4.40. The maximum absolute atomic E-state index is 2.33. The molecule has 0 aromatic heterocycles. The normalized spacial score (nSPS) is 12.2. The van der Waals surface area contributed by atoms with Crippen LogP contribution in [0.3, 0.4) is 0 Å². The van der Waals surface area contributed by atoms with Crippen LogP contribution in [0.1, 0.15) is 32.8 Å². The van der Waals surface area contributed by atoms with Crippen molar-refractivity contribution in [3.63, 3.8) is 0 Å². The summed E-state index contributed by atoms with van der Waals surface area (Å²) in [6.45, 7) is 6.92. The average Bonchev–Trinajstić information content (AvgIpc) is 2.46. The van der Waals surface area contributed by atoms with E-state index in [-0.39, 0.29) is 5.41 Å². The van der Waals surface area contributed by atoms with Crippen molar-refractivity contribution in [1.29, 1.82) is 0 Å². The van der Waals surface area contributed by atoms with Crippen molar-refractivity contribution in [1.82, 2.24) is 0 Å². The molecule has 0 aliphatic rings. The zero-order valence-electron chi connectivity index (χ0n) is 11.9. The number of fused-ring (bicyclic) bond motifs is 3. The zero-order chi connectivity index (χ0) is 13.5. The Hall–Kier alpha value is -1.82. The molecule has 0 radical (unpaired) electrons. The lowest BCUT2D eigenvalue weighted by Crippen LogP contribution is -2.15. The SMILES string of the molecule is CCC(C)(C)c1cccc2c1ccc1ccccc12. The van der Waals surface area contributed by atoms with Gasteiger partial charge in [0.05, 0.1) is 0 Å². The van der Waals surface area contributed by atoms with Crippen LogP contribution in [0.5, 0.6) is 0 Å². The molecule has 0 nitrogen and oxygen atoms in total. The van der Waals surface area contributed by atoms with Crippen LogP contribution < -0.4 is 0 Å². The fraction of sp³-hybridized carbons (Fsp3) is 0.263. The minimum atomic E-state index is 0.224. The van der Waals surface area contributed by atoms with E-state index in [1.54, 1.807) is 0 Å². The smallest absolute Gasteiger partial charge is 0.0100 e. The van der Waals surface area contributed by atoms with Gasteiger partial charge in [0.25, 0.3) is 0 Å². The van der Waals surface area contributed by atoms with Gasteiger partial charge in [-0.1, -0.05) is 75.4 Å². The highest BCUT2D eigenvalue weighted by Gasteiger charge is 2.20. The summed E-state index contributed by atoms with van der Waals surface area (Å²) in [5, 5.41) is 5.44. The van der Waals surface area contributed by atoms with Gasteiger partial charge in [-0.05, 0) is 38.9 Å². The molecule has 0 saturated carbocycles. The Bertz CT molecular complexity index is 735. The van der Waals surface area contributed by atoms with Crippen LogP contribution in [0.15, 0.2) is 54.6 Å². The third kappa shape index (κ3) is 1.92. The van der Waals surface area contributed by atoms with Gasteiger partial charge in [0, 0.05) is 0 Å². The summed E-state index contributed by atoms with van der Waals surface area (Å²) in [4.78, 5) is 0. The molecule has 3 aromatic carbocycles. The predicted octanol–water partition coefficient (Wildman–Crippen LogP) is 5.68. The van der Waals surface area contributed by atoms with Gasteiger partial charge >= 0.3 is 0 Å². The molecule has 0 N–H and O–H groups in total. The molecule has 96 valence electrons. The van der Waals surface area contributed by atoms with Crippen LogP contribution in [-0.4, -0.2) is 0 Å². The van der Waals surface area contributed by atoms with Crippen molar-refractivity contribution in [2.45, 2.75) is 32.6 Å². The Morgan fingerprint density at radius 3 is 2.26 bits per heavy atom. The fourth-order valence-electron chi connectivity index (χ4n) is 2.82. The molecule has 0 aliphatic carbocycles. The largest absolute Gasteiger partial charge is 0.0646 e. The van der Waals surface area contributed by atoms with E-state index in [0.717, 1.165) is 6.42 Å². The van der Waals surface area contributed by atoms with Gasteiger partial charge in [-0.15, -0.1) is 0 Å². The second kappa shape index (κ2) is 4.38. The molecule has 3 aromatic rings. The van der Waals surface area contributed by atoms with Crippen LogP contribution in [0.2, 0.25) is 0 Å². The first-order valence-electron chi connectivity index (χ1n) is 7.04. The molecule has 0 heterocycles. The number of hydrogen-bond donors (Lipinski definition) is 0. The van der Waals surface area contributed by atoms with E-state index in [4.69, 9.17) is 0 Å². The topological polar surface area (TPSA) is 0 Å². The van der Waals surface area contributed by atoms with Crippen LogP contribution in [0.4, 0.5) is 0 Å². The van der Waals surface area contributed by atoms with Gasteiger partial charge in [0.15, 0.2) is 0 Å². The Balaban J connectivity index is 2.42. The molecule has 0 saturated heterocycles. The summed E-state index contributed by atoms with van der Waals surface area (Å²) in [7, 11) is 0. The lowest BCUT2D eigenvalue weighted by atomic mass is 9.79. The van der Waals surface area contributed by atoms with E-state index in [9.17, 15) is 0 Å². The Kier molecular flexibility index (Phi) is 2.82. The quantitative estimate of drug-likeness (QED) is 0.512. The summed E-state index contributed by atoms with van der Waals surface area (Å²) in [6.07, 6.45) is 1.15. The summed E-state index contributed by atoms with van der Waals surface area (Å²) in [5.74, 6) is 0. The molecule has 0 fully saturated rings. The molecular formula is C19H20. The molecule has 0 aliphatic heterocycles. The Labute approximate surface area is 115 Å². The lowest BCUT2D eigenvalue weighted by molar-refractivity contribution is 0.511. The maximum Gasteiger partial charge on any atom is -0.0100 e. The highest BCUT2D eigenvalue weighted by atomic mass is 14.2. The standard InChI is InChI=1S/C19H20/c1-4-19(2,3)18-11-7-10-16-15-9-6-5-8-14(15)12-13-17(16)18/h5-13H,4H2,1-3H3. The van der Waals surface area contributed by atoms with Gasteiger partial charge in [-0.2, -0.15) is 0 Å². The summed E-state index contributed by atoms with van der Waals surface area (Å²) >= 11 is 0. The van der Waals surface area contributed by atoms with E-state index in [0.29, 0.717) is 0 Å². The van der Waals surface area contributed by atoms with Gasteiger partial charge < -0.3 is 0 Å². The first kappa shape index (κ1) is 12.2. The molecule has 0 bridgehead atoms. The Morgan fingerprint density at radius 1 is 0.737 bits per heavy atom. The van der Waals surface area contributed by atoms with Crippen LogP contribution >= 0.6 is 0 Å². The molecule has 0 heteroatoms. The second-order valence-corrected chi connectivity index (χ2v) is 5.92. The number of rotatable bonds is 2. The van der Waals surface area contributed by atoms with Crippen molar-refractivity contribution < 1.29 is 0 Å². The van der Waals surface area contributed by atoms with Gasteiger partial charge in [0.2, 0.25) is 0 Å². The number of benzene rings is 3. The van der Waals surface area contributed by atoms with Crippen molar-refractivity contribution in [2.75, 3.05) is 0 Å². The Morgan fingerprint density at radius 2 is 1.47 bits per heavy atom. The molecule has 0 amide bonds. The van der Waals surface area contributed by atoms with Crippen molar-refractivity contribution in [3.05, 3.63) is 60.2 Å². The number of hydrogen-bond acceptors (Lipinski definition) is 0. The highest BCUT2D eigenvalue weighted by molar-refractivity contribution is 6.08. The second-order valence-electron chi connectivity index (χ2n) is 5.92. The highest BCUT2D eigenvalue weighted by Crippen LogP contribution is 2.35. The van der Waals surface area contributed by atoms with Crippen molar-refractivity contribution in [2.24, 2.45) is 0 Å². The van der Waals surface area contributed by atoms with E-state index in [2.05, 4.69) is 75.4 Å². The van der Waals surface area contributed by atoms with E-state index in [1.165, 1.54) is 27.1 Å². The maximum atomic E-state index is 2.33. The van der Waals surface area contributed by atoms with Crippen molar-refractivity contribution in [3.8, 4) is 0 Å². The molecule has 0 unspecified atom stereocenters. The first-order chi connectivity index (χ1) is 9.13. The first-order valence-corrected chi connectivity index (χ1v) is 7.04. The van der Waals surface area contributed by atoms with Gasteiger partial charge in [0.1, 0.15) is 0 Å². The summed E-state index contributed by atoms with van der Waals surface area (Å²) in [6, 6.07) is 19.9. The van der Waals surface area contributed by atoms with E-state index < -0.39 is 0 Å². The van der Waals surface area contributed by atoms with Crippen LogP contribution in [0, 0.1) is 0 Å². The van der Waals surface area contributed by atoms with E-state index >= 15 is 0 Å². The lowest BCUT2D eigenvalue weighted by Gasteiger charge is -2.25. The van der Waals surface area contributed by atoms with Crippen LogP contribution in [-0.2, 0) is 5.41 Å². The van der Waals surface area contributed by atoms with Gasteiger partial charge in [-0.25, -0.2) is 0 Å². The minimum absolute atomic E-state index is 0.224. The fourth-order valence-corrected chi connectivity index (χ4v) is 2.82.